The van der Waals surface area contributed by atoms with Crippen LogP contribution in [-0.2, 0) is 9.53 Å². The van der Waals surface area contributed by atoms with Crippen molar-refractivity contribution in [2.45, 2.75) is 32.6 Å². The summed E-state index contributed by atoms with van der Waals surface area (Å²) < 4.78 is 4.93. The Hall–Kier alpha value is -0.440. The van der Waals surface area contributed by atoms with E-state index < -0.39 is 0 Å². The summed E-state index contributed by atoms with van der Waals surface area (Å²) in [7, 11) is 0. The summed E-state index contributed by atoms with van der Waals surface area (Å²) in [6, 6.07) is 0. The molecule has 1 atom stereocenters. The van der Waals surface area contributed by atoms with Crippen molar-refractivity contribution in [1.82, 2.24) is 0 Å². The number of carbonyl (C=O) groups excluding carboxylic acids is 1. The Balaban J connectivity index is 2.48. The number of rotatable bonds is 2. The third-order valence-corrected chi connectivity index (χ3v) is 2.61. The monoisotopic (exact) mass is 186 g/mol. The molecule has 1 fully saturated rings. The molecule has 0 N–H and O–H groups in total. The number of esters is 1. The van der Waals surface area contributed by atoms with Crippen molar-refractivity contribution in [3.63, 3.8) is 0 Å². The molecule has 1 unspecified atom stereocenters. The molecular weight excluding hydrogens is 172 g/mol. The minimum atomic E-state index is -0.123. The van der Waals surface area contributed by atoms with Gasteiger partial charge in [0.2, 0.25) is 0 Å². The van der Waals surface area contributed by atoms with Crippen LogP contribution in [0.1, 0.15) is 32.6 Å². The van der Waals surface area contributed by atoms with E-state index in [9.17, 15) is 4.79 Å². The second-order valence-corrected chi connectivity index (χ2v) is 3.54. The minimum Gasteiger partial charge on any atom is -0.466 e. The number of carbonyl (C=O) groups is 1. The average Bonchev–Trinajstić information content (AvgIpc) is 2.05. The predicted molar refractivity (Wildman–Crippen MR) is 51.2 cm³/mol. The van der Waals surface area contributed by atoms with Crippen LogP contribution in [0.15, 0.2) is 0 Å². The lowest BCUT2D eigenvalue weighted by atomic mass is 9.89. The van der Waals surface area contributed by atoms with Gasteiger partial charge in [-0.3, -0.25) is 4.79 Å². The molecule has 0 heterocycles. The maximum atomic E-state index is 11.3. The molecule has 1 aliphatic carbocycles. The molecule has 3 heteroatoms. The second-order valence-electron chi connectivity index (χ2n) is 3.02. The maximum Gasteiger partial charge on any atom is 0.313 e. The average molecular weight is 186 g/mol. The molecule has 0 aromatic heterocycles. The topological polar surface area (TPSA) is 26.3 Å². The van der Waals surface area contributed by atoms with Gasteiger partial charge in [-0.05, 0) is 26.2 Å². The second kappa shape index (κ2) is 4.55. The number of thiocarbonyl (C=S) groups is 1. The van der Waals surface area contributed by atoms with Crippen LogP contribution in [0.4, 0.5) is 0 Å². The molecule has 1 rings (SSSR count). The molecule has 0 aliphatic heterocycles. The highest BCUT2D eigenvalue weighted by molar-refractivity contribution is 7.80. The van der Waals surface area contributed by atoms with E-state index >= 15 is 0 Å². The standard InChI is InChI=1S/C9H14O2S/c1-2-11-9(10)7-5-3-4-6-8(7)12/h7H,2-6H2,1H3. The Bertz CT molecular complexity index is 189. The normalized spacial score (nSPS) is 23.8. The van der Waals surface area contributed by atoms with Crippen LogP contribution in [0.2, 0.25) is 0 Å². The third-order valence-electron chi connectivity index (χ3n) is 2.13. The van der Waals surface area contributed by atoms with E-state index in [4.69, 9.17) is 17.0 Å². The van der Waals surface area contributed by atoms with Gasteiger partial charge in [0.05, 0.1) is 12.5 Å². The van der Waals surface area contributed by atoms with Crippen molar-refractivity contribution in [2.24, 2.45) is 5.92 Å². The zero-order chi connectivity index (χ0) is 8.97. The van der Waals surface area contributed by atoms with Gasteiger partial charge >= 0.3 is 5.97 Å². The Labute approximate surface area is 78.3 Å². The van der Waals surface area contributed by atoms with Crippen molar-refractivity contribution in [3.8, 4) is 0 Å². The van der Waals surface area contributed by atoms with Crippen molar-refractivity contribution >= 4 is 23.1 Å². The van der Waals surface area contributed by atoms with Crippen molar-refractivity contribution in [2.75, 3.05) is 6.61 Å². The fraction of sp³-hybridized carbons (Fsp3) is 0.778. The lowest BCUT2D eigenvalue weighted by Crippen LogP contribution is -2.27. The Morgan fingerprint density at radius 3 is 3.00 bits per heavy atom. The van der Waals surface area contributed by atoms with Crippen LogP contribution in [0, 0.1) is 5.92 Å². The van der Waals surface area contributed by atoms with Gasteiger partial charge < -0.3 is 4.74 Å². The Kier molecular flexibility index (Phi) is 3.66. The number of hydrogen-bond acceptors (Lipinski definition) is 3. The summed E-state index contributed by atoms with van der Waals surface area (Å²) >= 11 is 5.12. The molecule has 68 valence electrons. The molecular formula is C9H14O2S. The quantitative estimate of drug-likeness (QED) is 0.488. The zero-order valence-corrected chi connectivity index (χ0v) is 8.15. The van der Waals surface area contributed by atoms with Gasteiger partial charge in [0.25, 0.3) is 0 Å². The highest BCUT2D eigenvalue weighted by Crippen LogP contribution is 2.22. The van der Waals surface area contributed by atoms with Crippen LogP contribution in [0.5, 0.6) is 0 Å². The molecule has 1 aliphatic rings. The minimum absolute atomic E-state index is 0.0892. The molecule has 1 saturated carbocycles. The van der Waals surface area contributed by atoms with E-state index in [1.54, 1.807) is 0 Å². The first-order valence-electron chi connectivity index (χ1n) is 4.45. The molecule has 2 nitrogen and oxygen atoms in total. The molecule has 0 saturated heterocycles. The zero-order valence-electron chi connectivity index (χ0n) is 7.34. The Morgan fingerprint density at radius 2 is 2.42 bits per heavy atom. The number of hydrogen-bond donors (Lipinski definition) is 0. The van der Waals surface area contributed by atoms with Gasteiger partial charge in [-0.1, -0.05) is 18.6 Å². The SMILES string of the molecule is CCOC(=O)C1CCCCC1=S. The molecule has 0 amide bonds. The largest absolute Gasteiger partial charge is 0.466 e. The summed E-state index contributed by atoms with van der Waals surface area (Å²) in [5.74, 6) is -0.212. The van der Waals surface area contributed by atoms with E-state index in [0.717, 1.165) is 30.5 Å². The van der Waals surface area contributed by atoms with Gasteiger partial charge in [0.1, 0.15) is 0 Å². The van der Waals surface area contributed by atoms with E-state index in [2.05, 4.69) is 0 Å². The molecule has 0 aromatic rings. The summed E-state index contributed by atoms with van der Waals surface area (Å²) in [6.45, 7) is 2.28. The highest BCUT2D eigenvalue weighted by atomic mass is 32.1. The summed E-state index contributed by atoms with van der Waals surface area (Å²) in [5, 5.41) is 0. The van der Waals surface area contributed by atoms with E-state index in [1.807, 2.05) is 6.92 Å². The van der Waals surface area contributed by atoms with Crippen LogP contribution in [-0.4, -0.2) is 17.4 Å². The summed E-state index contributed by atoms with van der Waals surface area (Å²) in [5.41, 5.74) is 0. The lowest BCUT2D eigenvalue weighted by Gasteiger charge is -2.20. The molecule has 12 heavy (non-hydrogen) atoms. The maximum absolute atomic E-state index is 11.3. The van der Waals surface area contributed by atoms with Crippen LogP contribution in [0.25, 0.3) is 0 Å². The Morgan fingerprint density at radius 1 is 1.67 bits per heavy atom. The van der Waals surface area contributed by atoms with Crippen molar-refractivity contribution < 1.29 is 9.53 Å². The summed E-state index contributed by atoms with van der Waals surface area (Å²) in [6.07, 6.45) is 4.04. The predicted octanol–water partition coefficient (Wildman–Crippen LogP) is 2.11. The number of ether oxygens (including phenoxy) is 1. The third kappa shape index (κ3) is 2.27. The first kappa shape index (κ1) is 9.65. The fourth-order valence-electron chi connectivity index (χ4n) is 1.48. The van der Waals surface area contributed by atoms with E-state index in [-0.39, 0.29) is 11.9 Å². The van der Waals surface area contributed by atoms with E-state index in [0.29, 0.717) is 6.61 Å². The molecule has 0 bridgehead atoms. The van der Waals surface area contributed by atoms with Crippen molar-refractivity contribution in [1.29, 1.82) is 0 Å². The van der Waals surface area contributed by atoms with Crippen LogP contribution < -0.4 is 0 Å². The highest BCUT2D eigenvalue weighted by Gasteiger charge is 2.26. The van der Waals surface area contributed by atoms with Gasteiger partial charge in [-0.15, -0.1) is 0 Å². The van der Waals surface area contributed by atoms with E-state index in [1.165, 1.54) is 0 Å². The van der Waals surface area contributed by atoms with Gasteiger partial charge in [-0.2, -0.15) is 0 Å². The first-order valence-corrected chi connectivity index (χ1v) is 4.86. The first-order chi connectivity index (χ1) is 5.75. The molecule has 0 aromatic carbocycles. The lowest BCUT2D eigenvalue weighted by molar-refractivity contribution is -0.145. The van der Waals surface area contributed by atoms with Crippen LogP contribution >= 0.6 is 12.2 Å². The molecule has 0 radical (unpaired) electrons. The smallest absolute Gasteiger partial charge is 0.313 e. The fourth-order valence-corrected chi connectivity index (χ4v) is 1.83. The van der Waals surface area contributed by atoms with Crippen LogP contribution in [0.3, 0.4) is 0 Å². The summed E-state index contributed by atoms with van der Waals surface area (Å²) in [4.78, 5) is 12.2. The van der Waals surface area contributed by atoms with Gasteiger partial charge in [-0.25, -0.2) is 0 Å². The van der Waals surface area contributed by atoms with Gasteiger partial charge in [0.15, 0.2) is 0 Å². The molecule has 0 spiro atoms. The van der Waals surface area contributed by atoms with Crippen molar-refractivity contribution in [3.05, 3.63) is 0 Å². The van der Waals surface area contributed by atoms with Gasteiger partial charge in [0, 0.05) is 4.86 Å².